The van der Waals surface area contributed by atoms with Gasteiger partial charge in [-0.3, -0.25) is 14.3 Å². The fraction of sp³-hybridized carbons (Fsp3) is 0. The number of nitrogens with zero attached hydrogens (tertiary/aromatic N) is 4. The first-order valence-corrected chi connectivity index (χ1v) is 8.37. The molecule has 128 valence electrons. The van der Waals surface area contributed by atoms with E-state index in [1.54, 1.807) is 41.4 Å². The zero-order valence-electron chi connectivity index (χ0n) is 14.3. The number of rotatable bonds is 3. The molecule has 0 aliphatic carbocycles. The Labute approximate surface area is 155 Å². The lowest BCUT2D eigenvalue weighted by Crippen LogP contribution is -2.20. The summed E-state index contributed by atoms with van der Waals surface area (Å²) in [6, 6.07) is 22.3. The highest BCUT2D eigenvalue weighted by molar-refractivity contribution is 5.73. The molecule has 0 amide bonds. The van der Waals surface area contributed by atoms with E-state index < -0.39 is 0 Å². The van der Waals surface area contributed by atoms with Crippen LogP contribution in [0.1, 0.15) is 5.69 Å². The largest absolute Gasteiger partial charge is 0.283 e. The molecule has 0 fully saturated rings. The molecule has 0 saturated carbocycles. The maximum Gasteiger partial charge on any atom is 0.263 e. The van der Waals surface area contributed by atoms with Gasteiger partial charge in [-0.15, -0.1) is 0 Å². The van der Waals surface area contributed by atoms with Crippen molar-refractivity contribution in [2.75, 3.05) is 0 Å². The van der Waals surface area contributed by atoms with Gasteiger partial charge in [-0.2, -0.15) is 5.26 Å². The van der Waals surface area contributed by atoms with Gasteiger partial charge in [0.1, 0.15) is 11.8 Å². The lowest BCUT2D eigenvalue weighted by molar-refractivity contribution is 0.992. The second kappa shape index (κ2) is 7.06. The molecule has 4 rings (SSSR count). The Kier molecular flexibility index (Phi) is 4.30. The maximum absolute atomic E-state index is 13.2. The molecule has 27 heavy (non-hydrogen) atoms. The molecule has 5 nitrogen and oxygen atoms in total. The SMILES string of the molecule is N#Cc1ncccc1-c1cc(-c2ccccn2)cn(-c2ccccc2)c1=O. The Hall–Kier alpha value is -4.04. The minimum Gasteiger partial charge on any atom is -0.283 e. The van der Waals surface area contributed by atoms with Crippen molar-refractivity contribution in [3.05, 3.63) is 101 Å². The normalized spacial score (nSPS) is 10.3. The van der Waals surface area contributed by atoms with Crippen LogP contribution in [0.25, 0.3) is 28.1 Å². The zero-order chi connectivity index (χ0) is 18.6. The van der Waals surface area contributed by atoms with Crippen molar-refractivity contribution in [3.8, 4) is 34.1 Å². The van der Waals surface area contributed by atoms with Crippen molar-refractivity contribution in [3.63, 3.8) is 0 Å². The molecule has 0 bridgehead atoms. The Balaban J connectivity index is 2.04. The lowest BCUT2D eigenvalue weighted by Gasteiger charge is -2.12. The molecular weight excluding hydrogens is 336 g/mol. The van der Waals surface area contributed by atoms with Crippen LogP contribution in [0, 0.1) is 11.3 Å². The third kappa shape index (κ3) is 3.12. The molecule has 0 aliphatic heterocycles. The van der Waals surface area contributed by atoms with Crippen LogP contribution >= 0.6 is 0 Å². The van der Waals surface area contributed by atoms with Gasteiger partial charge in [0.05, 0.1) is 11.3 Å². The van der Waals surface area contributed by atoms with Crippen LogP contribution < -0.4 is 5.56 Å². The number of hydrogen-bond donors (Lipinski definition) is 0. The van der Waals surface area contributed by atoms with Crippen molar-refractivity contribution in [1.82, 2.24) is 14.5 Å². The molecule has 0 atom stereocenters. The van der Waals surface area contributed by atoms with Crippen molar-refractivity contribution < 1.29 is 0 Å². The summed E-state index contributed by atoms with van der Waals surface area (Å²) in [6.07, 6.45) is 5.02. The first kappa shape index (κ1) is 16.4. The second-order valence-electron chi connectivity index (χ2n) is 5.88. The van der Waals surface area contributed by atoms with Crippen LogP contribution in [0.2, 0.25) is 0 Å². The van der Waals surface area contributed by atoms with Crippen LogP contribution in [0.3, 0.4) is 0 Å². The topological polar surface area (TPSA) is 71.6 Å². The van der Waals surface area contributed by atoms with Gasteiger partial charge in [-0.05, 0) is 42.5 Å². The van der Waals surface area contributed by atoms with E-state index in [0.717, 1.165) is 16.9 Å². The summed E-state index contributed by atoms with van der Waals surface area (Å²) < 4.78 is 1.58. The van der Waals surface area contributed by atoms with Gasteiger partial charge in [0.2, 0.25) is 0 Å². The monoisotopic (exact) mass is 350 g/mol. The van der Waals surface area contributed by atoms with E-state index in [4.69, 9.17) is 0 Å². The summed E-state index contributed by atoms with van der Waals surface area (Å²) in [5.41, 5.74) is 3.17. The van der Waals surface area contributed by atoms with E-state index in [1.165, 1.54) is 0 Å². The first-order valence-electron chi connectivity index (χ1n) is 8.37. The highest BCUT2D eigenvalue weighted by Gasteiger charge is 2.15. The number of hydrogen-bond acceptors (Lipinski definition) is 4. The zero-order valence-corrected chi connectivity index (χ0v) is 14.3. The van der Waals surface area contributed by atoms with E-state index in [2.05, 4.69) is 16.0 Å². The van der Waals surface area contributed by atoms with Crippen molar-refractivity contribution >= 4 is 0 Å². The third-order valence-corrected chi connectivity index (χ3v) is 4.22. The quantitative estimate of drug-likeness (QED) is 0.563. The minimum absolute atomic E-state index is 0.215. The minimum atomic E-state index is -0.217. The van der Waals surface area contributed by atoms with Crippen molar-refractivity contribution in [2.24, 2.45) is 0 Å². The number of benzene rings is 1. The average molecular weight is 350 g/mol. The molecule has 1 aromatic carbocycles. The molecule has 5 heteroatoms. The molecule has 4 aromatic rings. The number of aromatic nitrogens is 3. The molecule has 0 N–H and O–H groups in total. The summed E-state index contributed by atoms with van der Waals surface area (Å²) in [5.74, 6) is 0. The molecule has 0 aliphatic rings. The Bertz CT molecular complexity index is 1190. The van der Waals surface area contributed by atoms with E-state index in [0.29, 0.717) is 11.1 Å². The van der Waals surface area contributed by atoms with Gasteiger partial charge in [0.25, 0.3) is 5.56 Å². The summed E-state index contributed by atoms with van der Waals surface area (Å²) in [5, 5.41) is 9.41. The number of para-hydroxylation sites is 1. The van der Waals surface area contributed by atoms with E-state index in [1.807, 2.05) is 48.5 Å². The summed E-state index contributed by atoms with van der Waals surface area (Å²) in [7, 11) is 0. The Morgan fingerprint density at radius 3 is 2.37 bits per heavy atom. The first-order chi connectivity index (χ1) is 13.3. The smallest absolute Gasteiger partial charge is 0.263 e. The number of pyridine rings is 3. The Morgan fingerprint density at radius 2 is 1.63 bits per heavy atom. The highest BCUT2D eigenvalue weighted by Crippen LogP contribution is 2.25. The summed E-state index contributed by atoms with van der Waals surface area (Å²) >= 11 is 0. The van der Waals surface area contributed by atoms with E-state index in [9.17, 15) is 10.1 Å². The molecule has 0 unspecified atom stereocenters. The van der Waals surface area contributed by atoms with Crippen LogP contribution in [-0.2, 0) is 0 Å². The van der Waals surface area contributed by atoms with Crippen molar-refractivity contribution in [1.29, 1.82) is 5.26 Å². The fourth-order valence-electron chi connectivity index (χ4n) is 2.94. The van der Waals surface area contributed by atoms with Crippen LogP contribution in [0.5, 0.6) is 0 Å². The predicted octanol–water partition coefficient (Wildman–Crippen LogP) is 3.83. The number of nitriles is 1. The second-order valence-corrected chi connectivity index (χ2v) is 5.88. The summed E-state index contributed by atoms with van der Waals surface area (Å²) in [6.45, 7) is 0. The van der Waals surface area contributed by atoms with E-state index in [-0.39, 0.29) is 11.3 Å². The molecule has 3 aromatic heterocycles. The molecule has 0 spiro atoms. The molecular formula is C22H14N4O. The van der Waals surface area contributed by atoms with Crippen LogP contribution in [-0.4, -0.2) is 14.5 Å². The third-order valence-electron chi connectivity index (χ3n) is 4.22. The Morgan fingerprint density at radius 1 is 0.852 bits per heavy atom. The molecule has 0 saturated heterocycles. The predicted molar refractivity (Wildman–Crippen MR) is 103 cm³/mol. The van der Waals surface area contributed by atoms with Gasteiger partial charge in [-0.25, -0.2) is 4.98 Å². The van der Waals surface area contributed by atoms with Crippen LogP contribution in [0.4, 0.5) is 0 Å². The maximum atomic E-state index is 13.2. The molecule has 3 heterocycles. The average Bonchev–Trinajstić information content (AvgIpc) is 2.75. The van der Waals surface area contributed by atoms with Crippen molar-refractivity contribution in [2.45, 2.75) is 0 Å². The summed E-state index contributed by atoms with van der Waals surface area (Å²) in [4.78, 5) is 21.7. The fourth-order valence-corrected chi connectivity index (χ4v) is 2.94. The van der Waals surface area contributed by atoms with Crippen LogP contribution in [0.15, 0.2) is 90.1 Å². The lowest BCUT2D eigenvalue weighted by atomic mass is 10.0. The van der Waals surface area contributed by atoms with Gasteiger partial charge >= 0.3 is 0 Å². The molecule has 0 radical (unpaired) electrons. The van der Waals surface area contributed by atoms with Gasteiger partial charge < -0.3 is 0 Å². The van der Waals surface area contributed by atoms with Gasteiger partial charge in [0.15, 0.2) is 0 Å². The highest BCUT2D eigenvalue weighted by atomic mass is 16.1. The van der Waals surface area contributed by atoms with Gasteiger partial charge in [-0.1, -0.05) is 24.3 Å². The van der Waals surface area contributed by atoms with Gasteiger partial charge in [0, 0.05) is 35.4 Å². The standard InChI is InChI=1S/C22H14N4O/c23-14-21-18(9-6-12-25-21)19-13-16(20-10-4-5-11-24-20)15-26(22(19)27)17-7-2-1-3-8-17/h1-13,15H. The van der Waals surface area contributed by atoms with E-state index >= 15 is 0 Å².